The number of hydrogen-bond acceptors (Lipinski definition) is 0. The summed E-state index contributed by atoms with van der Waals surface area (Å²) in [4.78, 5) is 0. The fourth-order valence-electron chi connectivity index (χ4n) is 3.43. The van der Waals surface area contributed by atoms with Gasteiger partial charge in [0.05, 0.1) is 16.7 Å². The Morgan fingerprint density at radius 3 is 2.12 bits per heavy atom. The summed E-state index contributed by atoms with van der Waals surface area (Å²) in [6.45, 7) is 4.81. The lowest BCUT2D eigenvalue weighted by atomic mass is 10.1. The van der Waals surface area contributed by atoms with Crippen LogP contribution in [-0.4, -0.2) is 4.57 Å². The molecule has 0 aliphatic rings. The van der Waals surface area contributed by atoms with Gasteiger partial charge in [0.25, 0.3) is 0 Å². The maximum atomic E-state index is 14.8. The third-order valence-corrected chi connectivity index (χ3v) is 4.72. The summed E-state index contributed by atoms with van der Waals surface area (Å²) in [7, 11) is 0. The van der Waals surface area contributed by atoms with Crippen LogP contribution in [0.4, 0.5) is 17.6 Å². The Balaban J connectivity index is 2.27. The van der Waals surface area contributed by atoms with Gasteiger partial charge in [-0.3, -0.25) is 0 Å². The third-order valence-electron chi connectivity index (χ3n) is 4.72. The number of aromatic nitrogens is 1. The molecule has 26 heavy (non-hydrogen) atoms. The zero-order valence-electron chi connectivity index (χ0n) is 14.4. The summed E-state index contributed by atoms with van der Waals surface area (Å²) in [5.41, 5.74) is 1.48. The highest BCUT2D eigenvalue weighted by molar-refractivity contribution is 6.09. The second kappa shape index (κ2) is 5.59. The number of benzene rings is 3. The molecule has 0 radical (unpaired) electrons. The Morgan fingerprint density at radius 2 is 1.38 bits per heavy atom. The molecular weight excluding hydrogens is 342 g/mol. The average Bonchev–Trinajstić information content (AvgIpc) is 2.90. The van der Waals surface area contributed by atoms with Crippen LogP contribution in [0, 0.1) is 44.0 Å². The van der Waals surface area contributed by atoms with Crippen molar-refractivity contribution in [3.8, 4) is 5.69 Å². The smallest absolute Gasteiger partial charge is 0.183 e. The van der Waals surface area contributed by atoms with Crippen LogP contribution in [0.3, 0.4) is 0 Å². The number of aryl methyl sites for hydroxylation is 2. The van der Waals surface area contributed by atoms with Crippen LogP contribution in [0.2, 0.25) is 0 Å². The fourth-order valence-corrected chi connectivity index (χ4v) is 3.43. The highest BCUT2D eigenvalue weighted by atomic mass is 19.2. The molecule has 4 aromatic rings. The van der Waals surface area contributed by atoms with Gasteiger partial charge in [0.1, 0.15) is 11.6 Å². The average molecular weight is 357 g/mol. The number of nitrogens with zero attached hydrogens (tertiary/aromatic N) is 1. The second-order valence-electron chi connectivity index (χ2n) is 6.63. The van der Waals surface area contributed by atoms with Gasteiger partial charge in [-0.2, -0.15) is 0 Å². The Kier molecular flexibility index (Phi) is 3.58. The van der Waals surface area contributed by atoms with E-state index in [-0.39, 0.29) is 11.2 Å². The van der Waals surface area contributed by atoms with Gasteiger partial charge in [-0.1, -0.05) is 11.6 Å². The van der Waals surface area contributed by atoms with Crippen LogP contribution in [-0.2, 0) is 0 Å². The zero-order valence-corrected chi connectivity index (χ0v) is 14.4. The van der Waals surface area contributed by atoms with E-state index in [1.807, 2.05) is 13.0 Å². The predicted molar refractivity (Wildman–Crippen MR) is 94.8 cm³/mol. The van der Waals surface area contributed by atoms with Crippen LogP contribution in [0.1, 0.15) is 16.7 Å². The van der Waals surface area contributed by atoms with E-state index in [9.17, 15) is 17.6 Å². The van der Waals surface area contributed by atoms with E-state index in [4.69, 9.17) is 0 Å². The Hall–Kier alpha value is -2.82. The normalized spacial score (nSPS) is 11.7. The molecule has 0 saturated heterocycles. The molecule has 1 nitrogen and oxygen atoms in total. The van der Waals surface area contributed by atoms with Crippen molar-refractivity contribution in [1.29, 1.82) is 0 Å². The van der Waals surface area contributed by atoms with Crippen molar-refractivity contribution in [2.75, 3.05) is 0 Å². The predicted octanol–water partition coefficient (Wildman–Crippen LogP) is 6.27. The van der Waals surface area contributed by atoms with Crippen LogP contribution < -0.4 is 0 Å². The molecule has 0 saturated carbocycles. The highest BCUT2D eigenvalue weighted by Crippen LogP contribution is 2.36. The molecule has 4 rings (SSSR count). The molecule has 132 valence electrons. The van der Waals surface area contributed by atoms with Gasteiger partial charge in [-0.15, -0.1) is 0 Å². The molecule has 0 fully saturated rings. The lowest BCUT2D eigenvalue weighted by Gasteiger charge is -2.12. The summed E-state index contributed by atoms with van der Waals surface area (Å²) in [5, 5.41) is 1.27. The van der Waals surface area contributed by atoms with Gasteiger partial charge in [-0.05, 0) is 50.6 Å². The number of hydrogen-bond donors (Lipinski definition) is 0. The molecule has 1 aromatic heterocycles. The van der Waals surface area contributed by atoms with Crippen molar-refractivity contribution < 1.29 is 17.6 Å². The molecular formula is C21H15F4N. The minimum atomic E-state index is -1.27. The van der Waals surface area contributed by atoms with Gasteiger partial charge >= 0.3 is 0 Å². The molecule has 0 N–H and O–H groups in total. The summed E-state index contributed by atoms with van der Waals surface area (Å²) < 4.78 is 59.0. The van der Waals surface area contributed by atoms with Gasteiger partial charge < -0.3 is 4.57 Å². The van der Waals surface area contributed by atoms with Gasteiger partial charge in [0, 0.05) is 22.4 Å². The molecule has 0 unspecified atom stereocenters. The second-order valence-corrected chi connectivity index (χ2v) is 6.63. The maximum absolute atomic E-state index is 14.8. The van der Waals surface area contributed by atoms with E-state index >= 15 is 0 Å². The van der Waals surface area contributed by atoms with E-state index in [2.05, 4.69) is 0 Å². The molecule has 0 aliphatic heterocycles. The Morgan fingerprint density at radius 1 is 0.692 bits per heavy atom. The Labute approximate surface area is 147 Å². The van der Waals surface area contributed by atoms with E-state index in [0.717, 1.165) is 18.6 Å². The quantitative estimate of drug-likeness (QED) is 0.280. The van der Waals surface area contributed by atoms with E-state index in [0.29, 0.717) is 21.9 Å². The monoisotopic (exact) mass is 357 g/mol. The number of fused-ring (bicyclic) bond motifs is 3. The lowest BCUT2D eigenvalue weighted by Crippen LogP contribution is -2.05. The Bertz CT molecular complexity index is 1200. The first-order valence-corrected chi connectivity index (χ1v) is 8.15. The van der Waals surface area contributed by atoms with Crippen molar-refractivity contribution in [3.05, 3.63) is 76.4 Å². The molecule has 3 aromatic carbocycles. The molecule has 0 aliphatic carbocycles. The molecule has 5 heteroatoms. The first kappa shape index (κ1) is 16.6. The van der Waals surface area contributed by atoms with Crippen LogP contribution >= 0.6 is 0 Å². The number of halogens is 4. The van der Waals surface area contributed by atoms with Crippen molar-refractivity contribution in [3.63, 3.8) is 0 Å². The first-order valence-electron chi connectivity index (χ1n) is 8.15. The minimum absolute atomic E-state index is 0.0951. The van der Waals surface area contributed by atoms with Crippen LogP contribution in [0.15, 0.2) is 36.4 Å². The van der Waals surface area contributed by atoms with E-state index in [1.54, 1.807) is 25.1 Å². The van der Waals surface area contributed by atoms with Crippen LogP contribution in [0.25, 0.3) is 27.5 Å². The van der Waals surface area contributed by atoms with Crippen molar-refractivity contribution in [1.82, 2.24) is 4.57 Å². The topological polar surface area (TPSA) is 4.93 Å². The number of rotatable bonds is 1. The minimum Gasteiger partial charge on any atom is -0.303 e. The molecule has 0 atom stereocenters. The maximum Gasteiger partial charge on any atom is 0.183 e. The molecule has 0 bridgehead atoms. The summed E-state index contributed by atoms with van der Waals surface area (Å²) in [5.74, 6) is -3.93. The zero-order chi connectivity index (χ0) is 18.7. The lowest BCUT2D eigenvalue weighted by molar-refractivity contribution is 0.483. The van der Waals surface area contributed by atoms with Crippen molar-refractivity contribution in [2.24, 2.45) is 0 Å². The first-order chi connectivity index (χ1) is 12.3. The molecule has 0 amide bonds. The van der Waals surface area contributed by atoms with Gasteiger partial charge in [-0.25, -0.2) is 17.6 Å². The standard InChI is InChI=1S/C21H15F4N/c1-10-4-5-17-13(6-10)14-7-11(2)8-16(23)21(14)26(17)18-9-15(22)12(3)19(24)20(18)25/h4-9H,1-3H3. The molecule has 1 heterocycles. The van der Waals surface area contributed by atoms with Gasteiger partial charge in [0.2, 0.25) is 0 Å². The molecule has 0 spiro atoms. The third kappa shape index (κ3) is 2.23. The fraction of sp³-hybridized carbons (Fsp3) is 0.143. The van der Waals surface area contributed by atoms with Gasteiger partial charge in [0.15, 0.2) is 11.6 Å². The highest BCUT2D eigenvalue weighted by Gasteiger charge is 2.22. The summed E-state index contributed by atoms with van der Waals surface area (Å²) >= 11 is 0. The van der Waals surface area contributed by atoms with E-state index < -0.39 is 28.8 Å². The van der Waals surface area contributed by atoms with Crippen LogP contribution in [0.5, 0.6) is 0 Å². The van der Waals surface area contributed by atoms with Crippen molar-refractivity contribution in [2.45, 2.75) is 20.8 Å². The largest absolute Gasteiger partial charge is 0.303 e. The summed E-state index contributed by atoms with van der Waals surface area (Å²) in [6.07, 6.45) is 0. The van der Waals surface area contributed by atoms with Crippen molar-refractivity contribution >= 4 is 21.8 Å². The van der Waals surface area contributed by atoms with E-state index in [1.165, 1.54) is 10.6 Å². The summed E-state index contributed by atoms with van der Waals surface area (Å²) in [6, 6.07) is 9.37. The SMILES string of the molecule is Cc1ccc2c(c1)c1cc(C)cc(F)c1n2-c1cc(F)c(C)c(F)c1F.